The summed E-state index contributed by atoms with van der Waals surface area (Å²) in [5.74, 6) is 1.23. The number of rotatable bonds is 4. The number of fused-ring (bicyclic) bond motifs is 1. The minimum atomic E-state index is 0.497. The summed E-state index contributed by atoms with van der Waals surface area (Å²) in [5.41, 5.74) is 4.51. The first kappa shape index (κ1) is 16.4. The second kappa shape index (κ2) is 6.68. The lowest BCUT2D eigenvalue weighted by molar-refractivity contribution is 0.397. The summed E-state index contributed by atoms with van der Waals surface area (Å²) in [4.78, 5) is 19.0. The minimum absolute atomic E-state index is 0.497. The molecular formula is C19H16N4O2S. The molecule has 0 atom stereocenters. The van der Waals surface area contributed by atoms with Gasteiger partial charge in [-0.1, -0.05) is 0 Å². The Morgan fingerprint density at radius 2 is 1.81 bits per heavy atom. The van der Waals surface area contributed by atoms with E-state index in [4.69, 9.17) is 9.47 Å². The lowest BCUT2D eigenvalue weighted by atomic mass is 10.1. The normalized spacial score (nSPS) is 10.9. The molecule has 0 saturated heterocycles. The van der Waals surface area contributed by atoms with Gasteiger partial charge in [0.25, 0.3) is 0 Å². The van der Waals surface area contributed by atoms with Crippen LogP contribution in [0.4, 0.5) is 0 Å². The van der Waals surface area contributed by atoms with Gasteiger partial charge >= 0.3 is 0 Å². The van der Waals surface area contributed by atoms with E-state index >= 15 is 0 Å². The van der Waals surface area contributed by atoms with E-state index in [1.165, 1.54) is 0 Å². The highest BCUT2D eigenvalue weighted by atomic mass is 32.1. The van der Waals surface area contributed by atoms with Crippen molar-refractivity contribution in [2.24, 2.45) is 0 Å². The molecule has 0 fully saturated rings. The molecule has 3 aromatic heterocycles. The summed E-state index contributed by atoms with van der Waals surface area (Å²) < 4.78 is 10.3. The molecule has 26 heavy (non-hydrogen) atoms. The molecule has 0 amide bonds. The van der Waals surface area contributed by atoms with E-state index < -0.39 is 0 Å². The summed E-state index contributed by atoms with van der Waals surface area (Å²) in [6, 6.07) is 7.89. The second-order valence-electron chi connectivity index (χ2n) is 5.71. The van der Waals surface area contributed by atoms with Crippen LogP contribution < -0.4 is 9.47 Å². The van der Waals surface area contributed by atoms with Crippen molar-refractivity contribution in [3.05, 3.63) is 48.4 Å². The molecule has 0 N–H and O–H groups in total. The Bertz CT molecular complexity index is 1080. The number of aromatic nitrogens is 4. The van der Waals surface area contributed by atoms with Gasteiger partial charge in [-0.05, 0) is 36.8 Å². The van der Waals surface area contributed by atoms with Crippen LogP contribution in [0.1, 0.15) is 5.56 Å². The highest BCUT2D eigenvalue weighted by Crippen LogP contribution is 2.35. The van der Waals surface area contributed by atoms with Crippen LogP contribution in [-0.2, 0) is 0 Å². The predicted molar refractivity (Wildman–Crippen MR) is 102 cm³/mol. The Labute approximate surface area is 154 Å². The van der Waals surface area contributed by atoms with Crippen LogP contribution in [0.5, 0.6) is 11.6 Å². The third-order valence-electron chi connectivity index (χ3n) is 3.94. The van der Waals surface area contributed by atoms with E-state index in [9.17, 15) is 0 Å². The SMILES string of the molecule is COc1ccc(-c2cnc(-c3cc(C)cc4nc(OC)cnc34)s2)nc1. The smallest absolute Gasteiger partial charge is 0.232 e. The summed E-state index contributed by atoms with van der Waals surface area (Å²) in [5, 5.41) is 0.880. The van der Waals surface area contributed by atoms with E-state index in [1.54, 1.807) is 38.0 Å². The summed E-state index contributed by atoms with van der Waals surface area (Å²) in [6.07, 6.45) is 5.16. The fraction of sp³-hybridized carbons (Fsp3) is 0.158. The molecule has 7 heteroatoms. The zero-order valence-corrected chi connectivity index (χ0v) is 15.4. The fourth-order valence-electron chi connectivity index (χ4n) is 2.67. The number of nitrogens with zero attached hydrogens (tertiary/aromatic N) is 4. The number of hydrogen-bond donors (Lipinski definition) is 0. The van der Waals surface area contributed by atoms with Gasteiger partial charge in [0.1, 0.15) is 10.8 Å². The van der Waals surface area contributed by atoms with Crippen molar-refractivity contribution in [1.29, 1.82) is 0 Å². The molecule has 0 bridgehead atoms. The molecule has 0 spiro atoms. The van der Waals surface area contributed by atoms with Crippen LogP contribution in [0.15, 0.2) is 42.9 Å². The van der Waals surface area contributed by atoms with Gasteiger partial charge in [0.05, 0.1) is 48.2 Å². The van der Waals surface area contributed by atoms with Crippen molar-refractivity contribution in [1.82, 2.24) is 19.9 Å². The molecule has 6 nitrogen and oxygen atoms in total. The molecular weight excluding hydrogens is 348 g/mol. The standard InChI is InChI=1S/C19H16N4O2S/c1-11-6-13(18-15(7-11)23-17(25-3)10-21-18)19-22-9-16(26-19)14-5-4-12(24-2)8-20-14/h4-10H,1-3H3. The third kappa shape index (κ3) is 2.97. The molecule has 0 aliphatic heterocycles. The molecule has 4 aromatic rings. The van der Waals surface area contributed by atoms with Crippen molar-refractivity contribution in [3.8, 4) is 32.8 Å². The van der Waals surface area contributed by atoms with Crippen LogP contribution >= 0.6 is 11.3 Å². The average Bonchev–Trinajstić information content (AvgIpc) is 3.16. The quantitative estimate of drug-likeness (QED) is 0.542. The molecule has 0 aliphatic rings. The van der Waals surface area contributed by atoms with Crippen LogP contribution in [0.3, 0.4) is 0 Å². The van der Waals surface area contributed by atoms with Crippen LogP contribution in [0.25, 0.3) is 32.2 Å². The minimum Gasteiger partial charge on any atom is -0.495 e. The maximum absolute atomic E-state index is 5.18. The first-order valence-electron chi connectivity index (χ1n) is 7.96. The monoisotopic (exact) mass is 364 g/mol. The molecule has 0 saturated carbocycles. The van der Waals surface area contributed by atoms with Gasteiger partial charge in [-0.25, -0.2) is 15.0 Å². The number of benzene rings is 1. The zero-order valence-electron chi connectivity index (χ0n) is 14.6. The van der Waals surface area contributed by atoms with Crippen molar-refractivity contribution in [3.63, 3.8) is 0 Å². The van der Waals surface area contributed by atoms with Crippen molar-refractivity contribution in [2.75, 3.05) is 14.2 Å². The van der Waals surface area contributed by atoms with Crippen molar-refractivity contribution >= 4 is 22.4 Å². The van der Waals surface area contributed by atoms with E-state index in [1.807, 2.05) is 31.3 Å². The topological polar surface area (TPSA) is 70.0 Å². The lowest BCUT2D eigenvalue weighted by Crippen LogP contribution is -1.93. The van der Waals surface area contributed by atoms with E-state index in [2.05, 4.69) is 26.0 Å². The zero-order chi connectivity index (χ0) is 18.1. The Hall–Kier alpha value is -3.06. The van der Waals surface area contributed by atoms with Crippen LogP contribution in [0, 0.1) is 6.92 Å². The maximum atomic E-state index is 5.18. The van der Waals surface area contributed by atoms with E-state index in [-0.39, 0.29) is 0 Å². The molecule has 0 aliphatic carbocycles. The second-order valence-corrected chi connectivity index (χ2v) is 6.74. The van der Waals surface area contributed by atoms with E-state index in [0.717, 1.165) is 43.5 Å². The predicted octanol–water partition coefficient (Wildman–Crippen LogP) is 4.14. The van der Waals surface area contributed by atoms with E-state index in [0.29, 0.717) is 5.88 Å². The number of methoxy groups -OCH3 is 2. The van der Waals surface area contributed by atoms with Crippen molar-refractivity contribution < 1.29 is 9.47 Å². The van der Waals surface area contributed by atoms with Gasteiger partial charge in [-0.15, -0.1) is 11.3 Å². The number of aryl methyl sites for hydroxylation is 1. The largest absolute Gasteiger partial charge is 0.495 e. The molecule has 1 aromatic carbocycles. The highest BCUT2D eigenvalue weighted by molar-refractivity contribution is 7.18. The van der Waals surface area contributed by atoms with Crippen LogP contribution in [-0.4, -0.2) is 34.2 Å². The fourth-order valence-corrected chi connectivity index (χ4v) is 3.58. The first-order chi connectivity index (χ1) is 12.7. The first-order valence-corrected chi connectivity index (χ1v) is 8.77. The van der Waals surface area contributed by atoms with Crippen molar-refractivity contribution in [2.45, 2.75) is 6.92 Å². The summed E-state index contributed by atoms with van der Waals surface area (Å²) in [6.45, 7) is 2.03. The van der Waals surface area contributed by atoms with Gasteiger partial charge in [0.15, 0.2) is 0 Å². The average molecular weight is 364 g/mol. The number of pyridine rings is 1. The van der Waals surface area contributed by atoms with Gasteiger partial charge < -0.3 is 9.47 Å². The van der Waals surface area contributed by atoms with Gasteiger partial charge in [0.2, 0.25) is 5.88 Å². The number of thiazole rings is 1. The number of hydrogen-bond acceptors (Lipinski definition) is 7. The summed E-state index contributed by atoms with van der Waals surface area (Å²) >= 11 is 1.57. The van der Waals surface area contributed by atoms with Gasteiger partial charge in [-0.2, -0.15) is 0 Å². The van der Waals surface area contributed by atoms with Gasteiger partial charge in [-0.3, -0.25) is 4.98 Å². The van der Waals surface area contributed by atoms with Gasteiger partial charge in [0, 0.05) is 11.8 Å². The molecule has 0 radical (unpaired) electrons. The highest BCUT2D eigenvalue weighted by Gasteiger charge is 2.14. The summed E-state index contributed by atoms with van der Waals surface area (Å²) in [7, 11) is 3.21. The molecule has 3 heterocycles. The Kier molecular flexibility index (Phi) is 4.22. The molecule has 4 rings (SSSR count). The Morgan fingerprint density at radius 1 is 0.923 bits per heavy atom. The number of ether oxygens (including phenoxy) is 2. The molecule has 130 valence electrons. The Balaban J connectivity index is 1.79. The lowest BCUT2D eigenvalue weighted by Gasteiger charge is -2.06. The maximum Gasteiger partial charge on any atom is 0.232 e. The third-order valence-corrected chi connectivity index (χ3v) is 4.99. The Morgan fingerprint density at radius 3 is 2.54 bits per heavy atom. The van der Waals surface area contributed by atoms with Crippen LogP contribution in [0.2, 0.25) is 0 Å². The molecule has 0 unspecified atom stereocenters.